The van der Waals surface area contributed by atoms with Crippen LogP contribution in [0.2, 0.25) is 0 Å². The van der Waals surface area contributed by atoms with Crippen LogP contribution in [0.4, 0.5) is 0 Å². The Balaban J connectivity index is 3.09. The maximum absolute atomic E-state index is 4.04. The van der Waals surface area contributed by atoms with Gasteiger partial charge in [-0.2, -0.15) is 0 Å². The van der Waals surface area contributed by atoms with Crippen molar-refractivity contribution in [2.24, 2.45) is 0 Å². The van der Waals surface area contributed by atoms with E-state index in [0.29, 0.717) is 0 Å². The minimum absolute atomic E-state index is 1.85. The SMILES string of the molecule is CI(C)(C)(C)n1ccnc1. The summed E-state index contributed by atoms with van der Waals surface area (Å²) in [5.74, 6) is 0. The predicted molar refractivity (Wildman–Crippen MR) is 55.3 cm³/mol. The van der Waals surface area contributed by atoms with E-state index in [2.05, 4.69) is 33.7 Å². The van der Waals surface area contributed by atoms with Gasteiger partial charge in [0.1, 0.15) is 0 Å². The number of halogens is 1. The second-order valence-electron chi connectivity index (χ2n) is 3.85. The molecule has 0 spiro atoms. The average molecular weight is 254 g/mol. The van der Waals surface area contributed by atoms with Crippen LogP contribution in [-0.4, -0.2) is 27.5 Å². The molecule has 0 aromatic carbocycles. The molecular weight excluding hydrogens is 239 g/mol. The zero-order chi connectivity index (χ0) is 7.85. The van der Waals surface area contributed by atoms with Crippen LogP contribution in [0.15, 0.2) is 18.7 Å². The van der Waals surface area contributed by atoms with Crippen molar-refractivity contribution in [1.29, 1.82) is 0 Å². The number of rotatable bonds is 1. The van der Waals surface area contributed by atoms with E-state index in [9.17, 15) is 0 Å². The molecule has 0 amide bonds. The van der Waals surface area contributed by atoms with Crippen LogP contribution in [0.3, 0.4) is 0 Å². The Kier molecular flexibility index (Phi) is 1.58. The van der Waals surface area contributed by atoms with Crippen LogP contribution in [0.5, 0.6) is 0 Å². The minimum atomic E-state index is -2.16. The Labute approximate surface area is 63.6 Å². The molecule has 0 radical (unpaired) electrons. The van der Waals surface area contributed by atoms with Crippen LogP contribution in [0.1, 0.15) is 0 Å². The third kappa shape index (κ3) is 1.71. The quantitative estimate of drug-likeness (QED) is 0.551. The number of aromatic nitrogens is 2. The van der Waals surface area contributed by atoms with Crippen molar-refractivity contribution in [3.63, 3.8) is 0 Å². The molecule has 0 aliphatic rings. The molecule has 0 unspecified atom stereocenters. The van der Waals surface area contributed by atoms with Crippen molar-refractivity contribution in [1.82, 2.24) is 7.76 Å². The molecule has 1 heterocycles. The predicted octanol–water partition coefficient (Wildman–Crippen LogP) is 1.74. The van der Waals surface area contributed by atoms with Gasteiger partial charge in [0.2, 0.25) is 0 Å². The summed E-state index contributed by atoms with van der Waals surface area (Å²) >= 11 is -2.16. The molecule has 1 aromatic heterocycles. The first kappa shape index (κ1) is 8.04. The standard InChI is InChI=1S/C7H15IN2/c1-8(2,3,4)10-6-5-9-7-10/h5-7H,1-4H3. The van der Waals surface area contributed by atoms with E-state index in [1.165, 1.54) is 0 Å². The van der Waals surface area contributed by atoms with Crippen molar-refractivity contribution >= 4 is 17.3 Å². The summed E-state index contributed by atoms with van der Waals surface area (Å²) in [6, 6.07) is 0. The van der Waals surface area contributed by atoms with Crippen molar-refractivity contribution in [3.05, 3.63) is 18.7 Å². The fourth-order valence-corrected chi connectivity index (χ4v) is 3.21. The second-order valence-corrected chi connectivity index (χ2v) is 21.8. The molecule has 1 rings (SSSR count). The Morgan fingerprint density at radius 2 is 1.80 bits per heavy atom. The first-order valence-corrected chi connectivity index (χ1v) is 12.6. The van der Waals surface area contributed by atoms with Crippen molar-refractivity contribution in [2.75, 3.05) is 19.7 Å². The Morgan fingerprint density at radius 3 is 2.00 bits per heavy atom. The van der Waals surface area contributed by atoms with E-state index >= 15 is 0 Å². The summed E-state index contributed by atoms with van der Waals surface area (Å²) in [6.45, 7) is 0. The van der Waals surface area contributed by atoms with Gasteiger partial charge in [0.05, 0.1) is 0 Å². The molecule has 0 saturated carbocycles. The normalized spacial score (nSPS) is 16.2. The summed E-state index contributed by atoms with van der Waals surface area (Å²) in [4.78, 5) is 13.5. The van der Waals surface area contributed by atoms with Gasteiger partial charge in [-0.25, -0.2) is 0 Å². The molecule has 3 heteroatoms. The molecule has 0 N–H and O–H groups in total. The third-order valence-electron chi connectivity index (χ3n) is 1.25. The van der Waals surface area contributed by atoms with Gasteiger partial charge in [-0.3, -0.25) is 0 Å². The third-order valence-corrected chi connectivity index (χ3v) is 6.28. The van der Waals surface area contributed by atoms with Crippen LogP contribution in [0, 0.1) is 0 Å². The Hall–Kier alpha value is -0.0600. The van der Waals surface area contributed by atoms with E-state index in [0.717, 1.165) is 0 Å². The van der Waals surface area contributed by atoms with Crippen molar-refractivity contribution in [3.8, 4) is 0 Å². The summed E-state index contributed by atoms with van der Waals surface area (Å²) in [7, 11) is 0. The number of imidazole rings is 1. The van der Waals surface area contributed by atoms with Gasteiger partial charge in [-0.05, 0) is 0 Å². The maximum atomic E-state index is 4.04. The summed E-state index contributed by atoms with van der Waals surface area (Å²) < 4.78 is 2.28. The van der Waals surface area contributed by atoms with E-state index < -0.39 is 17.3 Å². The monoisotopic (exact) mass is 254 g/mol. The van der Waals surface area contributed by atoms with E-state index in [4.69, 9.17) is 0 Å². The molecule has 60 valence electrons. The zero-order valence-corrected chi connectivity index (χ0v) is 9.16. The van der Waals surface area contributed by atoms with Crippen LogP contribution < -0.4 is 0 Å². The van der Waals surface area contributed by atoms with Crippen LogP contribution in [-0.2, 0) is 0 Å². The van der Waals surface area contributed by atoms with Gasteiger partial charge in [0, 0.05) is 0 Å². The van der Waals surface area contributed by atoms with Gasteiger partial charge in [0.15, 0.2) is 0 Å². The Morgan fingerprint density at radius 1 is 1.20 bits per heavy atom. The number of alkyl halides is 4. The molecule has 0 bridgehead atoms. The van der Waals surface area contributed by atoms with Gasteiger partial charge >= 0.3 is 63.5 Å². The molecule has 0 atom stereocenters. The molecular formula is C7H15IN2. The molecule has 0 fully saturated rings. The number of hydrogen-bond acceptors (Lipinski definition) is 1. The summed E-state index contributed by atoms with van der Waals surface area (Å²) in [6.07, 6.45) is 5.84. The molecule has 0 aliphatic carbocycles. The fourth-order valence-electron chi connectivity index (χ4n) is 0.643. The fraction of sp³-hybridized carbons (Fsp3) is 0.571. The van der Waals surface area contributed by atoms with Gasteiger partial charge in [-0.1, -0.05) is 0 Å². The van der Waals surface area contributed by atoms with Gasteiger partial charge < -0.3 is 0 Å². The zero-order valence-electron chi connectivity index (χ0n) is 7.00. The first-order chi connectivity index (χ1) is 4.36. The van der Waals surface area contributed by atoms with Crippen molar-refractivity contribution in [2.45, 2.75) is 0 Å². The number of hydrogen-bond donors (Lipinski definition) is 0. The van der Waals surface area contributed by atoms with Crippen LogP contribution in [0.25, 0.3) is 0 Å². The van der Waals surface area contributed by atoms with E-state index in [1.54, 1.807) is 0 Å². The second kappa shape index (κ2) is 1.96. The molecule has 0 aliphatic heterocycles. The summed E-state index contributed by atoms with van der Waals surface area (Å²) in [5.41, 5.74) is 0. The average Bonchev–Trinajstić information content (AvgIpc) is 2.04. The molecule has 0 saturated heterocycles. The van der Waals surface area contributed by atoms with Crippen LogP contribution >= 0.6 is 17.3 Å². The first-order valence-electron chi connectivity index (χ1n) is 3.05. The van der Waals surface area contributed by atoms with E-state index in [-0.39, 0.29) is 0 Å². The van der Waals surface area contributed by atoms with E-state index in [1.807, 2.05) is 12.5 Å². The van der Waals surface area contributed by atoms with Gasteiger partial charge in [-0.15, -0.1) is 0 Å². The summed E-state index contributed by atoms with van der Waals surface area (Å²) in [5, 5.41) is 0. The van der Waals surface area contributed by atoms with Crippen molar-refractivity contribution < 1.29 is 0 Å². The Bertz CT molecular complexity index is 208. The van der Waals surface area contributed by atoms with Gasteiger partial charge in [0.25, 0.3) is 0 Å². The molecule has 2 nitrogen and oxygen atoms in total. The molecule has 10 heavy (non-hydrogen) atoms. The topological polar surface area (TPSA) is 17.8 Å². The molecule has 1 aromatic rings. The number of nitrogens with zero attached hydrogens (tertiary/aromatic N) is 2.